The van der Waals surface area contributed by atoms with Crippen LogP contribution in [0.25, 0.3) is 0 Å². The highest BCUT2D eigenvalue weighted by molar-refractivity contribution is 7.81. The van der Waals surface area contributed by atoms with Gasteiger partial charge in [-0.1, -0.05) is 0 Å². The van der Waals surface area contributed by atoms with E-state index in [1.54, 1.807) is 0 Å². The summed E-state index contributed by atoms with van der Waals surface area (Å²) in [6.45, 7) is -1.42. The zero-order chi connectivity index (χ0) is 22.1. The van der Waals surface area contributed by atoms with Gasteiger partial charge in [0.25, 0.3) is 0 Å². The van der Waals surface area contributed by atoms with E-state index in [2.05, 4.69) is 21.5 Å². The molecule has 3 unspecified atom stereocenters. The lowest BCUT2D eigenvalue weighted by Crippen LogP contribution is -2.62. The molecule has 0 amide bonds. The van der Waals surface area contributed by atoms with Crippen molar-refractivity contribution >= 4 is 41.6 Å². The zero-order valence-corrected chi connectivity index (χ0v) is 16.0. The van der Waals surface area contributed by atoms with Gasteiger partial charge in [0.15, 0.2) is 12.4 Å². The van der Waals surface area contributed by atoms with E-state index in [0.717, 1.165) is 0 Å². The summed E-state index contributed by atoms with van der Waals surface area (Å²) >= 11 is 0. The van der Waals surface area contributed by atoms with Gasteiger partial charge in [-0.05, 0) is 0 Å². The average Bonchev–Trinajstić information content (AvgIpc) is 2.39. The van der Waals surface area contributed by atoms with E-state index in [1.165, 1.54) is 0 Å². The van der Waals surface area contributed by atoms with Gasteiger partial charge >= 0.3 is 41.6 Å². The summed E-state index contributed by atoms with van der Waals surface area (Å²) in [5, 5.41) is 9.70. The van der Waals surface area contributed by atoms with Crippen molar-refractivity contribution in [3.63, 3.8) is 0 Å². The minimum absolute atomic E-state index is 1.42. The van der Waals surface area contributed by atoms with Gasteiger partial charge in [-0.25, -0.2) is 16.7 Å². The maximum absolute atomic E-state index is 11.0. The van der Waals surface area contributed by atoms with Gasteiger partial charge in [-0.15, -0.1) is 0 Å². The number of aliphatic hydroxyl groups excluding tert-OH is 1. The monoisotopic (exact) mass is 500 g/mol. The minimum Gasteiger partial charge on any atom is -0.366 e. The first-order valence-electron chi connectivity index (χ1n) is 6.20. The number of hydrogen-bond acceptors (Lipinski definition) is 14. The highest BCUT2D eigenvalue weighted by Crippen LogP contribution is 2.30. The molecule has 0 aromatic rings. The molecule has 1 rings (SSSR count). The molecule has 1 saturated heterocycles. The van der Waals surface area contributed by atoms with Crippen LogP contribution in [0.4, 0.5) is 0 Å². The maximum atomic E-state index is 11.0. The standard InChI is InChI=1S/C6H12O18S4/c7-6-5(24-28(17,18)19)4(23-27(14,15)16)3(22-26(11,12)13)2(21-6)1-20-25(8,9)10/h2-7H,1H2,(H,8,9,10)(H,11,12,13)(H,14,15,16)(H,17,18,19)/t2?,3-,4?,5?,6+/m1/s1. The molecular formula is C6H12O18S4. The Labute approximate surface area is 157 Å². The van der Waals surface area contributed by atoms with E-state index in [-0.39, 0.29) is 0 Å². The lowest BCUT2D eigenvalue weighted by Gasteiger charge is -2.41. The van der Waals surface area contributed by atoms with Gasteiger partial charge in [0.1, 0.15) is 18.3 Å². The van der Waals surface area contributed by atoms with Crippen molar-refractivity contribution in [2.75, 3.05) is 6.61 Å². The fourth-order valence-electron chi connectivity index (χ4n) is 1.93. The van der Waals surface area contributed by atoms with Gasteiger partial charge in [0.05, 0.1) is 6.61 Å². The molecule has 168 valence electrons. The zero-order valence-electron chi connectivity index (χ0n) is 12.8. The van der Waals surface area contributed by atoms with Crippen LogP contribution in [-0.4, -0.2) is 94.3 Å². The number of aliphatic hydroxyl groups is 1. The third-order valence-corrected chi connectivity index (χ3v) is 4.52. The fraction of sp³-hybridized carbons (Fsp3) is 1.00. The Morgan fingerprint density at radius 3 is 1.43 bits per heavy atom. The quantitative estimate of drug-likeness (QED) is 0.189. The number of hydrogen-bond donors (Lipinski definition) is 5. The second kappa shape index (κ2) is 8.64. The molecule has 0 radical (unpaired) electrons. The summed E-state index contributed by atoms with van der Waals surface area (Å²) in [5.74, 6) is 0. The summed E-state index contributed by atoms with van der Waals surface area (Å²) in [6, 6.07) is 0. The molecule has 1 heterocycles. The van der Waals surface area contributed by atoms with E-state index in [0.29, 0.717) is 0 Å². The summed E-state index contributed by atoms with van der Waals surface area (Å²) < 4.78 is 142. The molecule has 0 aromatic heterocycles. The first-order chi connectivity index (χ1) is 12.3. The van der Waals surface area contributed by atoms with E-state index in [1.807, 2.05) is 0 Å². The van der Waals surface area contributed by atoms with E-state index in [4.69, 9.17) is 18.2 Å². The van der Waals surface area contributed by atoms with Gasteiger partial charge in [-0.3, -0.25) is 18.2 Å². The van der Waals surface area contributed by atoms with Gasteiger partial charge in [-0.2, -0.15) is 33.7 Å². The average molecular weight is 500 g/mol. The van der Waals surface area contributed by atoms with Gasteiger partial charge in [0, 0.05) is 0 Å². The SMILES string of the molecule is O=S(=O)(O)OCC1O[C@H](O)C(OS(=O)(=O)O)C(OS(=O)(=O)O)[C@@H]1OS(=O)(=O)O. The Bertz CT molecular complexity index is 959. The summed E-state index contributed by atoms with van der Waals surface area (Å²) in [4.78, 5) is 0. The van der Waals surface area contributed by atoms with Crippen molar-refractivity contribution < 1.29 is 78.5 Å². The van der Waals surface area contributed by atoms with Crippen molar-refractivity contribution in [2.45, 2.75) is 30.7 Å². The highest BCUT2D eigenvalue weighted by atomic mass is 32.3. The molecule has 18 nitrogen and oxygen atoms in total. The van der Waals surface area contributed by atoms with Crippen LogP contribution in [0.2, 0.25) is 0 Å². The Kier molecular flexibility index (Phi) is 7.85. The molecule has 0 saturated carbocycles. The number of ether oxygens (including phenoxy) is 1. The minimum atomic E-state index is -5.58. The van der Waals surface area contributed by atoms with Crippen molar-refractivity contribution in [1.29, 1.82) is 0 Å². The van der Waals surface area contributed by atoms with Gasteiger partial charge in [0.2, 0.25) is 0 Å². The molecule has 5 atom stereocenters. The predicted molar refractivity (Wildman–Crippen MR) is 77.6 cm³/mol. The molecule has 1 fully saturated rings. The van der Waals surface area contributed by atoms with Crippen LogP contribution in [0.3, 0.4) is 0 Å². The smallest absolute Gasteiger partial charge is 0.366 e. The third kappa shape index (κ3) is 9.27. The van der Waals surface area contributed by atoms with E-state index in [9.17, 15) is 38.8 Å². The molecule has 5 N–H and O–H groups in total. The summed E-state index contributed by atoms with van der Waals surface area (Å²) in [6.07, 6.45) is -12.8. The Morgan fingerprint density at radius 1 is 0.643 bits per heavy atom. The Hall–Kier alpha value is -0.600. The van der Waals surface area contributed by atoms with Crippen LogP contribution in [0.1, 0.15) is 0 Å². The van der Waals surface area contributed by atoms with Crippen LogP contribution >= 0.6 is 0 Å². The van der Waals surface area contributed by atoms with Gasteiger partial charge < -0.3 is 9.84 Å². The Balaban J connectivity index is 3.42. The van der Waals surface area contributed by atoms with Crippen LogP contribution in [0.5, 0.6) is 0 Å². The van der Waals surface area contributed by atoms with Crippen LogP contribution < -0.4 is 0 Å². The molecule has 0 spiro atoms. The van der Waals surface area contributed by atoms with Crippen molar-refractivity contribution in [3.8, 4) is 0 Å². The second-order valence-electron chi connectivity index (χ2n) is 4.74. The van der Waals surface area contributed by atoms with Crippen molar-refractivity contribution in [1.82, 2.24) is 0 Å². The lowest BCUT2D eigenvalue weighted by atomic mass is 9.99. The topological polar surface area (TPSA) is 284 Å². The lowest BCUT2D eigenvalue weighted by molar-refractivity contribution is -0.270. The largest absolute Gasteiger partial charge is 0.397 e. The third-order valence-electron chi connectivity index (χ3n) is 2.69. The molecule has 22 heteroatoms. The molecule has 1 aliphatic rings. The van der Waals surface area contributed by atoms with Crippen LogP contribution in [0.15, 0.2) is 0 Å². The normalized spacial score (nSPS) is 30.2. The molecule has 0 bridgehead atoms. The molecule has 1 aliphatic heterocycles. The first-order valence-corrected chi connectivity index (χ1v) is 11.7. The summed E-state index contributed by atoms with van der Waals surface area (Å²) in [5.41, 5.74) is 0. The van der Waals surface area contributed by atoms with Crippen LogP contribution in [-0.2, 0) is 63.1 Å². The van der Waals surface area contributed by atoms with E-state index >= 15 is 0 Å². The first kappa shape index (κ1) is 25.4. The maximum Gasteiger partial charge on any atom is 0.397 e. The summed E-state index contributed by atoms with van der Waals surface area (Å²) in [7, 11) is -21.8. The predicted octanol–water partition coefficient (Wildman–Crippen LogP) is -3.91. The highest BCUT2D eigenvalue weighted by Gasteiger charge is 2.53. The molecule has 0 aliphatic carbocycles. The second-order valence-corrected chi connectivity index (χ2v) is 8.98. The molecule has 0 aromatic carbocycles. The van der Waals surface area contributed by atoms with Crippen molar-refractivity contribution in [3.05, 3.63) is 0 Å². The molecular weight excluding hydrogens is 488 g/mol. The fourth-order valence-corrected chi connectivity index (χ4v) is 3.74. The van der Waals surface area contributed by atoms with E-state index < -0.39 is 78.9 Å². The molecule has 28 heavy (non-hydrogen) atoms. The van der Waals surface area contributed by atoms with Crippen LogP contribution in [0, 0.1) is 0 Å². The number of rotatable bonds is 9. The Morgan fingerprint density at radius 2 is 1.04 bits per heavy atom. The van der Waals surface area contributed by atoms with Crippen molar-refractivity contribution in [2.24, 2.45) is 0 Å².